The van der Waals surface area contributed by atoms with Gasteiger partial charge in [0.1, 0.15) is 0 Å². The van der Waals surface area contributed by atoms with E-state index in [-0.39, 0.29) is 5.54 Å². The Kier molecular flexibility index (Phi) is 4.47. The fourth-order valence-corrected chi connectivity index (χ4v) is 3.43. The quantitative estimate of drug-likeness (QED) is 0.895. The summed E-state index contributed by atoms with van der Waals surface area (Å²) in [6.07, 6.45) is 0. The van der Waals surface area contributed by atoms with E-state index in [0.29, 0.717) is 10.6 Å². The van der Waals surface area contributed by atoms with Crippen LogP contribution in [0.5, 0.6) is 0 Å². The van der Waals surface area contributed by atoms with Crippen LogP contribution in [0.25, 0.3) is 0 Å². The highest BCUT2D eigenvalue weighted by molar-refractivity contribution is 7.92. The van der Waals surface area contributed by atoms with Gasteiger partial charge in [-0.1, -0.05) is 18.2 Å². The molecule has 0 spiro atoms. The Balaban J connectivity index is 2.19. The van der Waals surface area contributed by atoms with Crippen LogP contribution in [-0.4, -0.2) is 14.0 Å². The molecule has 0 heterocycles. The lowest BCUT2D eigenvalue weighted by atomic mass is 10.1. The zero-order valence-electron chi connectivity index (χ0n) is 13.3. The van der Waals surface area contributed by atoms with Gasteiger partial charge in [0.15, 0.2) is 0 Å². The lowest BCUT2D eigenvalue weighted by Crippen LogP contribution is -2.25. The van der Waals surface area contributed by atoms with Crippen LogP contribution in [0.15, 0.2) is 53.4 Å². The summed E-state index contributed by atoms with van der Waals surface area (Å²) >= 11 is 0. The van der Waals surface area contributed by atoms with Crippen LogP contribution < -0.4 is 10.0 Å². The van der Waals surface area contributed by atoms with Crippen LogP contribution in [-0.2, 0) is 10.0 Å². The van der Waals surface area contributed by atoms with Crippen molar-refractivity contribution in [2.45, 2.75) is 38.1 Å². The molecule has 0 aliphatic rings. The van der Waals surface area contributed by atoms with E-state index in [1.165, 1.54) is 0 Å². The lowest BCUT2D eigenvalue weighted by molar-refractivity contribution is 0.600. The Bertz CT molecular complexity index is 745. The third-order valence-corrected chi connectivity index (χ3v) is 4.58. The maximum atomic E-state index is 12.4. The first-order valence-electron chi connectivity index (χ1n) is 7.14. The molecule has 0 unspecified atom stereocenters. The van der Waals surface area contributed by atoms with E-state index in [0.717, 1.165) is 11.3 Å². The summed E-state index contributed by atoms with van der Waals surface area (Å²) < 4.78 is 27.4. The second-order valence-electron chi connectivity index (χ2n) is 6.32. The first-order valence-corrected chi connectivity index (χ1v) is 8.62. The molecule has 0 aliphatic heterocycles. The Hall–Kier alpha value is -2.01. The molecule has 22 heavy (non-hydrogen) atoms. The van der Waals surface area contributed by atoms with Crippen molar-refractivity contribution in [3.63, 3.8) is 0 Å². The second kappa shape index (κ2) is 6.01. The van der Waals surface area contributed by atoms with Crippen LogP contribution >= 0.6 is 0 Å². The molecule has 5 heteroatoms. The SMILES string of the molecule is Cc1ccccc1S(=O)(=O)Nc1ccc(NC(C)(C)C)cc1. The monoisotopic (exact) mass is 318 g/mol. The number of hydrogen-bond acceptors (Lipinski definition) is 3. The highest BCUT2D eigenvalue weighted by Gasteiger charge is 2.16. The van der Waals surface area contributed by atoms with Crippen LogP contribution in [0.4, 0.5) is 11.4 Å². The molecule has 118 valence electrons. The maximum Gasteiger partial charge on any atom is 0.262 e. The van der Waals surface area contributed by atoms with Gasteiger partial charge in [-0.05, 0) is 63.6 Å². The molecule has 2 aromatic carbocycles. The topological polar surface area (TPSA) is 58.2 Å². The predicted molar refractivity (Wildman–Crippen MR) is 91.8 cm³/mol. The minimum absolute atomic E-state index is 0.0395. The standard InChI is InChI=1S/C17H22N2O2S/c1-13-7-5-6-8-16(13)22(20,21)19-15-11-9-14(10-12-15)18-17(2,3)4/h5-12,18-19H,1-4H3. The van der Waals surface area contributed by atoms with E-state index in [1.807, 2.05) is 18.2 Å². The molecule has 2 rings (SSSR count). The number of benzene rings is 2. The van der Waals surface area contributed by atoms with Gasteiger partial charge in [0.25, 0.3) is 10.0 Å². The molecule has 0 atom stereocenters. The molecule has 0 saturated heterocycles. The van der Waals surface area contributed by atoms with Crippen LogP contribution in [0.2, 0.25) is 0 Å². The minimum atomic E-state index is -3.56. The molecule has 2 N–H and O–H groups in total. The van der Waals surface area contributed by atoms with Gasteiger partial charge in [-0.25, -0.2) is 8.42 Å². The summed E-state index contributed by atoms with van der Waals surface area (Å²) in [4.78, 5) is 0.298. The second-order valence-corrected chi connectivity index (χ2v) is 7.97. The number of sulfonamides is 1. The predicted octanol–water partition coefficient (Wildman–Crippen LogP) is 4.01. The van der Waals surface area contributed by atoms with Gasteiger partial charge in [-0.15, -0.1) is 0 Å². The van der Waals surface area contributed by atoms with Crippen molar-refractivity contribution >= 4 is 21.4 Å². The summed E-state index contributed by atoms with van der Waals surface area (Å²) in [5, 5.41) is 3.33. The number of anilines is 2. The van der Waals surface area contributed by atoms with E-state index in [9.17, 15) is 8.42 Å². The molecule has 0 fully saturated rings. The van der Waals surface area contributed by atoms with E-state index in [1.54, 1.807) is 37.3 Å². The Morgan fingerprint density at radius 2 is 1.41 bits per heavy atom. The highest BCUT2D eigenvalue weighted by Crippen LogP contribution is 2.21. The summed E-state index contributed by atoms with van der Waals surface area (Å²) in [6, 6.07) is 14.2. The van der Waals surface area contributed by atoms with Gasteiger partial charge < -0.3 is 5.32 Å². The number of rotatable bonds is 4. The fraction of sp³-hybridized carbons (Fsp3) is 0.294. The third-order valence-electron chi connectivity index (χ3n) is 3.04. The molecule has 0 saturated carbocycles. The van der Waals surface area contributed by atoms with Crippen molar-refractivity contribution < 1.29 is 8.42 Å². The van der Waals surface area contributed by atoms with Crippen molar-refractivity contribution in [3.05, 3.63) is 54.1 Å². The number of aryl methyl sites for hydroxylation is 1. The zero-order chi connectivity index (χ0) is 16.4. The van der Waals surface area contributed by atoms with Gasteiger partial charge in [0.05, 0.1) is 4.90 Å². The Morgan fingerprint density at radius 3 is 1.95 bits per heavy atom. The molecule has 0 amide bonds. The maximum absolute atomic E-state index is 12.4. The molecule has 4 nitrogen and oxygen atoms in total. The largest absolute Gasteiger partial charge is 0.380 e. The zero-order valence-corrected chi connectivity index (χ0v) is 14.2. The summed E-state index contributed by atoms with van der Waals surface area (Å²) in [7, 11) is -3.56. The molecule has 2 aromatic rings. The van der Waals surface area contributed by atoms with E-state index in [4.69, 9.17) is 0 Å². The van der Waals surface area contributed by atoms with Crippen LogP contribution in [0.1, 0.15) is 26.3 Å². The number of hydrogen-bond donors (Lipinski definition) is 2. The van der Waals surface area contributed by atoms with Crippen LogP contribution in [0, 0.1) is 6.92 Å². The normalized spacial score (nSPS) is 12.0. The fourth-order valence-electron chi connectivity index (χ4n) is 2.12. The van der Waals surface area contributed by atoms with Crippen molar-refractivity contribution in [1.29, 1.82) is 0 Å². The minimum Gasteiger partial charge on any atom is -0.380 e. The summed E-state index contributed by atoms with van der Waals surface area (Å²) in [6.45, 7) is 8.00. The smallest absolute Gasteiger partial charge is 0.262 e. The summed E-state index contributed by atoms with van der Waals surface area (Å²) in [5.74, 6) is 0. The molecule has 0 aromatic heterocycles. The van der Waals surface area contributed by atoms with Crippen molar-refractivity contribution in [1.82, 2.24) is 0 Å². The molecule has 0 aliphatic carbocycles. The van der Waals surface area contributed by atoms with Gasteiger partial charge in [0, 0.05) is 16.9 Å². The van der Waals surface area contributed by atoms with Crippen molar-refractivity contribution in [3.8, 4) is 0 Å². The van der Waals surface area contributed by atoms with Crippen molar-refractivity contribution in [2.75, 3.05) is 10.0 Å². The molecule has 0 radical (unpaired) electrons. The molecule has 0 bridgehead atoms. The molecular weight excluding hydrogens is 296 g/mol. The van der Waals surface area contributed by atoms with Crippen LogP contribution in [0.3, 0.4) is 0 Å². The summed E-state index contributed by atoms with van der Waals surface area (Å²) in [5.41, 5.74) is 2.18. The average Bonchev–Trinajstić information content (AvgIpc) is 2.39. The van der Waals surface area contributed by atoms with E-state index < -0.39 is 10.0 Å². The lowest BCUT2D eigenvalue weighted by Gasteiger charge is -2.22. The molecular formula is C17H22N2O2S. The van der Waals surface area contributed by atoms with Gasteiger partial charge in [-0.2, -0.15) is 0 Å². The van der Waals surface area contributed by atoms with E-state index in [2.05, 4.69) is 30.8 Å². The number of nitrogens with one attached hydrogen (secondary N) is 2. The highest BCUT2D eigenvalue weighted by atomic mass is 32.2. The van der Waals surface area contributed by atoms with Gasteiger partial charge in [-0.3, -0.25) is 4.72 Å². The third kappa shape index (κ3) is 4.24. The van der Waals surface area contributed by atoms with E-state index >= 15 is 0 Å². The Morgan fingerprint density at radius 1 is 0.864 bits per heavy atom. The first-order chi connectivity index (χ1) is 10.2. The average molecular weight is 318 g/mol. The van der Waals surface area contributed by atoms with Gasteiger partial charge in [0.2, 0.25) is 0 Å². The first kappa shape index (κ1) is 16.4. The Labute approximate surface area is 132 Å². The van der Waals surface area contributed by atoms with Crippen molar-refractivity contribution in [2.24, 2.45) is 0 Å². The van der Waals surface area contributed by atoms with Gasteiger partial charge >= 0.3 is 0 Å².